The number of aromatic nitrogens is 5. The van der Waals surface area contributed by atoms with Gasteiger partial charge in [-0.1, -0.05) is 45.0 Å². The first-order valence-electron chi connectivity index (χ1n) is 36.8. The zero-order valence-corrected chi connectivity index (χ0v) is 60.7. The summed E-state index contributed by atoms with van der Waals surface area (Å²) in [5.74, 6) is -2.41. The van der Waals surface area contributed by atoms with Crippen LogP contribution in [0.1, 0.15) is 132 Å². The number of ketones is 3. The number of nitrogens with one attached hydrogen (secondary N) is 1. The van der Waals surface area contributed by atoms with Gasteiger partial charge >= 0.3 is 12.1 Å². The molecule has 107 heavy (non-hydrogen) atoms. The molecule has 2 unspecified atom stereocenters. The molecule has 0 radical (unpaired) electrons. The summed E-state index contributed by atoms with van der Waals surface area (Å²) in [6.07, 6.45) is 10.2. The largest absolute Gasteiger partial charge is 0.510 e. The number of amides is 3. The molecule has 4 aliphatic rings. The Bertz CT molecular complexity index is 3830. The molecule has 4 N–H and O–H groups in total. The highest BCUT2D eigenvalue weighted by Crippen LogP contribution is 2.43. The Labute approximate surface area is 622 Å². The minimum absolute atomic E-state index is 0. The number of pyridine rings is 2. The molecule has 1 fully saturated rings. The van der Waals surface area contributed by atoms with Crippen molar-refractivity contribution in [3.8, 4) is 17.1 Å². The van der Waals surface area contributed by atoms with Crippen LogP contribution in [0.15, 0.2) is 71.7 Å². The number of benzene rings is 2. The van der Waals surface area contributed by atoms with Gasteiger partial charge in [-0.3, -0.25) is 38.5 Å². The maximum Gasteiger partial charge on any atom is 0.510 e. The Hall–Kier alpha value is -8.56. The number of hydrogen-bond acceptors (Lipinski definition) is 26. The van der Waals surface area contributed by atoms with Crippen LogP contribution in [0.5, 0.6) is 5.75 Å². The number of phenols is 1. The lowest BCUT2D eigenvalue weighted by molar-refractivity contribution is -0.175. The number of rotatable bonds is 51. The molecule has 1 aliphatic carbocycles. The first-order chi connectivity index (χ1) is 51.6. The first kappa shape index (κ1) is 84.1. The zero-order valence-electron chi connectivity index (χ0n) is 60.7. The van der Waals surface area contributed by atoms with Crippen LogP contribution in [-0.4, -0.2) is 214 Å². The Morgan fingerprint density at radius 1 is 0.710 bits per heavy atom. The van der Waals surface area contributed by atoms with Gasteiger partial charge in [0.1, 0.15) is 38.0 Å². The number of imide groups is 1. The standard InChI is InChI=1S/C76H100N8O22.CH4/c1-3-61-62-43-58(85)19-20-66(62)79-71-63(61)47-83-67(71)44-65-64(73(83)92)51-104-74(93)76(65,4-2)106-75(94)105-48-53-12-16-56(17-13-53)78-72(91)55(8-5-6-24-77)42-60(87)50-103-49-59(86)9-7-26-95-28-30-97-32-34-99-36-38-101-40-41-102-39-37-100-35-33-98-31-29-96-27-25-82-46-57(80-81-82)18-21-68(88)54-14-10-52(11-15-54)45-84-69(89)22-23-70(84)90;/h12-13,16-17,19-20,22-23,43-44,46,52,54-55,85H,3-11,14-15,18,21,24-42,45,47-51,77H2,1-2H3,(H,78,91);1H4. The minimum atomic E-state index is -2.00. The van der Waals surface area contributed by atoms with E-state index in [0.29, 0.717) is 198 Å². The maximum absolute atomic E-state index is 14.1. The van der Waals surface area contributed by atoms with Gasteiger partial charge < -0.3 is 77.6 Å². The number of carbonyl (C=O) groups excluding carboxylic acids is 8. The van der Waals surface area contributed by atoms with Crippen LogP contribution in [0.4, 0.5) is 10.5 Å². The number of fused-ring (bicyclic) bond motifs is 5. The van der Waals surface area contributed by atoms with Crippen molar-refractivity contribution in [2.45, 2.75) is 143 Å². The number of phenolic OH excluding ortho intramolecular Hbond substituents is 1. The predicted molar refractivity (Wildman–Crippen MR) is 389 cm³/mol. The Morgan fingerprint density at radius 3 is 1.94 bits per heavy atom. The third-order valence-corrected chi connectivity index (χ3v) is 19.0. The average Bonchev–Trinajstić information content (AvgIpc) is 1.62. The molecule has 6 heterocycles. The predicted octanol–water partition coefficient (Wildman–Crippen LogP) is 7.01. The summed E-state index contributed by atoms with van der Waals surface area (Å²) in [6.45, 7) is 10.5. The number of nitrogens with two attached hydrogens (primary N) is 1. The molecule has 0 spiro atoms. The number of cyclic esters (lactones) is 1. The van der Waals surface area contributed by atoms with Crippen LogP contribution < -0.4 is 16.6 Å². The van der Waals surface area contributed by atoms with Crippen LogP contribution in [0.25, 0.3) is 22.3 Å². The lowest BCUT2D eigenvalue weighted by Crippen LogP contribution is -2.47. The molecule has 2 aromatic carbocycles. The number of aryl methyl sites for hydroxylation is 2. The zero-order chi connectivity index (χ0) is 75.1. The molecule has 3 aromatic heterocycles. The van der Waals surface area contributed by atoms with E-state index in [1.54, 1.807) is 64.7 Å². The molecule has 3 amide bonds. The topological polar surface area (TPSA) is 374 Å². The Morgan fingerprint density at radius 2 is 1.33 bits per heavy atom. The second-order valence-corrected chi connectivity index (χ2v) is 26.4. The van der Waals surface area contributed by atoms with Gasteiger partial charge in [0.2, 0.25) is 11.5 Å². The number of carbonyl (C=O) groups is 8. The van der Waals surface area contributed by atoms with E-state index in [2.05, 4.69) is 15.6 Å². The van der Waals surface area contributed by atoms with Gasteiger partial charge in [0.05, 0.1) is 140 Å². The van der Waals surface area contributed by atoms with Crippen molar-refractivity contribution in [1.29, 1.82) is 0 Å². The molecular weight excluding hydrogens is 1390 g/mol. The number of Topliss-reactive ketones (excluding diaryl/α,β-unsaturated/α-hetero) is 3. The van der Waals surface area contributed by atoms with E-state index in [4.69, 9.17) is 67.6 Å². The molecule has 0 saturated heterocycles. The van der Waals surface area contributed by atoms with Gasteiger partial charge in [-0.25, -0.2) is 19.3 Å². The highest BCUT2D eigenvalue weighted by atomic mass is 16.7. The van der Waals surface area contributed by atoms with E-state index < -0.39 is 29.2 Å². The van der Waals surface area contributed by atoms with Crippen molar-refractivity contribution in [3.63, 3.8) is 0 Å². The second kappa shape index (κ2) is 44.0. The molecule has 0 bridgehead atoms. The van der Waals surface area contributed by atoms with Crippen molar-refractivity contribution >= 4 is 63.8 Å². The van der Waals surface area contributed by atoms with Crippen LogP contribution >= 0.6 is 0 Å². The lowest BCUT2D eigenvalue weighted by Gasteiger charge is -2.35. The van der Waals surface area contributed by atoms with Gasteiger partial charge in [0, 0.05) is 91.2 Å². The van der Waals surface area contributed by atoms with Crippen LogP contribution in [0.3, 0.4) is 0 Å². The van der Waals surface area contributed by atoms with Crippen LogP contribution in [-0.2, 0) is 135 Å². The van der Waals surface area contributed by atoms with Crippen LogP contribution in [0, 0.1) is 17.8 Å². The number of ether oxygens (including phenoxy) is 12. The molecule has 3 aliphatic heterocycles. The fourth-order valence-corrected chi connectivity index (χ4v) is 13.2. The number of hydrogen-bond donors (Lipinski definition) is 3. The smallest absolute Gasteiger partial charge is 0.508 e. The summed E-state index contributed by atoms with van der Waals surface area (Å²) in [4.78, 5) is 123. The monoisotopic (exact) mass is 1490 g/mol. The van der Waals surface area contributed by atoms with E-state index in [0.717, 1.165) is 47.9 Å². The molecule has 9 rings (SSSR count). The number of unbranched alkanes of at least 4 members (excludes halogenated alkanes) is 1. The van der Waals surface area contributed by atoms with Gasteiger partial charge in [0.15, 0.2) is 11.6 Å². The molecule has 30 heteroatoms. The molecule has 30 nitrogen and oxygen atoms in total. The lowest BCUT2D eigenvalue weighted by atomic mass is 9.79. The highest BCUT2D eigenvalue weighted by molar-refractivity contribution is 6.13. The summed E-state index contributed by atoms with van der Waals surface area (Å²) in [5.41, 5.74) is 8.79. The SMILES string of the molecule is C.CCc1c2c(nc3ccc(O)cc13)-c1cc3c(c(=O)n1C2)COC(=O)C3(CC)OC(=O)OCc1ccc(NC(=O)C(CCCCN)CC(=O)COCC(=O)CCCOCCOCCOCCOCCOCCOCCOCCOCCn2cc(CCC(=O)C3CCC(CN4C(=O)C=CC4=O)CC3)nn2)cc1. The summed E-state index contributed by atoms with van der Waals surface area (Å²) in [5, 5.41) is 22.2. The summed E-state index contributed by atoms with van der Waals surface area (Å²) in [6, 6.07) is 13.1. The van der Waals surface area contributed by atoms with Crippen molar-refractivity contribution in [2.24, 2.45) is 23.5 Å². The van der Waals surface area contributed by atoms with E-state index in [1.165, 1.54) is 17.1 Å². The number of esters is 1. The second-order valence-electron chi connectivity index (χ2n) is 26.4. The average molecular weight is 1490 g/mol. The van der Waals surface area contributed by atoms with Crippen LogP contribution in [0.2, 0.25) is 0 Å². The quantitative estimate of drug-likeness (QED) is 0.0196. The normalized spacial score (nSPS) is 16.8. The van der Waals surface area contributed by atoms with E-state index in [-0.39, 0.29) is 123 Å². The van der Waals surface area contributed by atoms with E-state index in [1.807, 2.05) is 13.1 Å². The van der Waals surface area contributed by atoms with E-state index in [9.17, 15) is 48.3 Å². The van der Waals surface area contributed by atoms with Crippen molar-refractivity contribution in [1.82, 2.24) is 29.4 Å². The molecular formula is C77H104N8O22. The van der Waals surface area contributed by atoms with Crippen molar-refractivity contribution in [2.75, 3.05) is 137 Å². The van der Waals surface area contributed by atoms with Gasteiger partial charge in [-0.15, -0.1) is 5.10 Å². The maximum atomic E-state index is 14.1. The van der Waals surface area contributed by atoms with Gasteiger partial charge in [0.25, 0.3) is 17.4 Å². The molecule has 2 atom stereocenters. The minimum Gasteiger partial charge on any atom is -0.508 e. The highest BCUT2D eigenvalue weighted by Gasteiger charge is 2.51. The molecule has 1 saturated carbocycles. The van der Waals surface area contributed by atoms with E-state index >= 15 is 0 Å². The molecule has 5 aromatic rings. The Kier molecular flexibility index (Phi) is 34.6. The van der Waals surface area contributed by atoms with Crippen molar-refractivity contribution < 1.29 is 100 Å². The number of anilines is 1. The Balaban J connectivity index is 0.0000144. The van der Waals surface area contributed by atoms with Gasteiger partial charge in [-0.2, -0.15) is 0 Å². The third kappa shape index (κ3) is 25.0. The third-order valence-electron chi connectivity index (χ3n) is 19.0. The number of nitrogens with zero attached hydrogens (tertiary/aromatic N) is 6. The first-order valence-corrected chi connectivity index (χ1v) is 36.8. The summed E-state index contributed by atoms with van der Waals surface area (Å²) >= 11 is 0. The fourth-order valence-electron chi connectivity index (χ4n) is 13.2. The fraction of sp³-hybridized carbons (Fsp3) is 0.584. The summed E-state index contributed by atoms with van der Waals surface area (Å²) in [7, 11) is 0. The van der Waals surface area contributed by atoms with Gasteiger partial charge in [-0.05, 0) is 118 Å². The summed E-state index contributed by atoms with van der Waals surface area (Å²) < 4.78 is 70.1. The molecule has 584 valence electrons. The number of aromatic hydroxyl groups is 1. The van der Waals surface area contributed by atoms with Crippen molar-refractivity contribution in [3.05, 3.63) is 111 Å².